The molecule has 32 heavy (non-hydrogen) atoms. The summed E-state index contributed by atoms with van der Waals surface area (Å²) in [6.07, 6.45) is 6.64. The maximum Gasteiger partial charge on any atom is 0.276 e. The van der Waals surface area contributed by atoms with Crippen molar-refractivity contribution >= 4 is 40.2 Å². The lowest BCUT2D eigenvalue weighted by Gasteiger charge is -2.44. The minimum absolute atomic E-state index is 0.125. The van der Waals surface area contributed by atoms with Crippen LogP contribution in [0.4, 0.5) is 5.69 Å². The minimum Gasteiger partial charge on any atom is -0.460 e. The minimum atomic E-state index is -1.10. The summed E-state index contributed by atoms with van der Waals surface area (Å²) in [7, 11) is 0. The third-order valence-corrected chi connectivity index (χ3v) is 7.11. The Morgan fingerprint density at radius 2 is 1.81 bits per heavy atom. The Morgan fingerprint density at radius 3 is 2.50 bits per heavy atom. The average molecular weight is 454 g/mol. The lowest BCUT2D eigenvalue weighted by Crippen LogP contribution is -2.65. The van der Waals surface area contributed by atoms with Gasteiger partial charge in [-0.2, -0.15) is 0 Å². The van der Waals surface area contributed by atoms with Gasteiger partial charge in [0.05, 0.1) is 12.1 Å². The molecular weight excluding hydrogens is 426 g/mol. The molecule has 6 nitrogen and oxygen atoms in total. The topological polar surface area (TPSA) is 67.5 Å². The van der Waals surface area contributed by atoms with Crippen LogP contribution in [0.2, 0.25) is 5.02 Å². The van der Waals surface area contributed by atoms with Gasteiger partial charge in [-0.3, -0.25) is 14.5 Å². The van der Waals surface area contributed by atoms with Gasteiger partial charge in [0, 0.05) is 28.9 Å². The first-order valence-electron chi connectivity index (χ1n) is 11.4. The molecule has 2 aromatic heterocycles. The summed E-state index contributed by atoms with van der Waals surface area (Å²) < 4.78 is 7.70. The van der Waals surface area contributed by atoms with Crippen LogP contribution in [0.3, 0.4) is 0 Å². The van der Waals surface area contributed by atoms with Crippen molar-refractivity contribution in [3.63, 3.8) is 0 Å². The molecule has 168 valence electrons. The SMILES string of the molecule is Cc1cc2c(cc3n2C[C@](C)(C(=O)NC2CCCCCC2)N(c2ccc(Cl)cc2)C3=O)o1. The molecule has 7 heteroatoms. The number of halogens is 1. The lowest BCUT2D eigenvalue weighted by molar-refractivity contribution is -0.127. The molecular formula is C25H28ClN3O3. The van der Waals surface area contributed by atoms with E-state index in [4.69, 9.17) is 16.0 Å². The van der Waals surface area contributed by atoms with E-state index < -0.39 is 5.54 Å². The molecule has 1 aliphatic heterocycles. The van der Waals surface area contributed by atoms with Crippen LogP contribution in [-0.4, -0.2) is 28.0 Å². The maximum absolute atomic E-state index is 13.8. The highest BCUT2D eigenvalue weighted by Crippen LogP contribution is 2.37. The Hall–Kier alpha value is -2.73. The van der Waals surface area contributed by atoms with Gasteiger partial charge in [-0.1, -0.05) is 37.3 Å². The van der Waals surface area contributed by atoms with Gasteiger partial charge in [-0.05, 0) is 51.0 Å². The zero-order valence-electron chi connectivity index (χ0n) is 18.5. The summed E-state index contributed by atoms with van der Waals surface area (Å²) >= 11 is 6.10. The van der Waals surface area contributed by atoms with Crippen LogP contribution in [0.15, 0.2) is 40.8 Å². The van der Waals surface area contributed by atoms with Crippen molar-refractivity contribution in [2.75, 3.05) is 4.90 Å². The van der Waals surface area contributed by atoms with Crippen LogP contribution < -0.4 is 10.2 Å². The van der Waals surface area contributed by atoms with E-state index >= 15 is 0 Å². The molecule has 0 spiro atoms. The van der Waals surface area contributed by atoms with Crippen molar-refractivity contribution < 1.29 is 14.0 Å². The van der Waals surface area contributed by atoms with E-state index in [1.807, 2.05) is 24.5 Å². The lowest BCUT2D eigenvalue weighted by atomic mass is 9.92. The van der Waals surface area contributed by atoms with E-state index in [9.17, 15) is 9.59 Å². The Bertz CT molecular complexity index is 1170. The Kier molecular flexibility index (Phi) is 5.28. The predicted octanol–water partition coefficient (Wildman–Crippen LogP) is 5.45. The number of fused-ring (bicyclic) bond motifs is 3. The molecule has 5 rings (SSSR count). The maximum atomic E-state index is 13.8. The van der Waals surface area contributed by atoms with Crippen LogP contribution in [0, 0.1) is 6.92 Å². The molecule has 1 atom stereocenters. The first-order chi connectivity index (χ1) is 15.4. The summed E-state index contributed by atoms with van der Waals surface area (Å²) in [5, 5.41) is 3.86. The summed E-state index contributed by atoms with van der Waals surface area (Å²) in [6.45, 7) is 4.08. The van der Waals surface area contributed by atoms with E-state index in [0.29, 0.717) is 28.5 Å². The number of aryl methyl sites for hydroxylation is 1. The predicted molar refractivity (Wildman–Crippen MR) is 125 cm³/mol. The second-order valence-electron chi connectivity index (χ2n) is 9.28. The van der Waals surface area contributed by atoms with Gasteiger partial charge >= 0.3 is 0 Å². The first kappa shape index (κ1) is 21.1. The molecule has 1 fully saturated rings. The first-order valence-corrected chi connectivity index (χ1v) is 11.8. The quantitative estimate of drug-likeness (QED) is 0.536. The highest BCUT2D eigenvalue weighted by atomic mass is 35.5. The van der Waals surface area contributed by atoms with E-state index in [-0.39, 0.29) is 17.9 Å². The molecule has 1 N–H and O–H groups in total. The summed E-state index contributed by atoms with van der Waals surface area (Å²) in [5.41, 5.74) is 1.58. The number of benzene rings is 1. The second kappa shape index (κ2) is 8.00. The molecule has 2 aliphatic rings. The van der Waals surface area contributed by atoms with Crippen molar-refractivity contribution in [2.45, 2.75) is 70.5 Å². The number of amides is 2. The fourth-order valence-corrected chi connectivity index (χ4v) is 5.29. The number of carbonyl (C=O) groups excluding carboxylic acids is 2. The van der Waals surface area contributed by atoms with E-state index in [0.717, 1.165) is 37.0 Å². The van der Waals surface area contributed by atoms with Gasteiger partial charge < -0.3 is 14.3 Å². The van der Waals surface area contributed by atoms with Crippen LogP contribution in [0.25, 0.3) is 11.1 Å². The number of furan rings is 1. The van der Waals surface area contributed by atoms with Gasteiger partial charge in [0.2, 0.25) is 5.91 Å². The Labute approximate surface area is 192 Å². The Morgan fingerprint density at radius 1 is 1.12 bits per heavy atom. The number of hydrogen-bond acceptors (Lipinski definition) is 3. The number of hydrogen-bond donors (Lipinski definition) is 1. The number of carbonyl (C=O) groups is 2. The summed E-state index contributed by atoms with van der Waals surface area (Å²) in [5.74, 6) is 0.434. The molecule has 3 aromatic rings. The summed E-state index contributed by atoms with van der Waals surface area (Å²) in [6, 6.07) is 10.9. The molecule has 3 heterocycles. The molecule has 0 bridgehead atoms. The molecule has 2 amide bonds. The molecule has 1 saturated carbocycles. The average Bonchev–Trinajstić information content (AvgIpc) is 3.15. The van der Waals surface area contributed by atoms with Gasteiger partial charge in [0.1, 0.15) is 17.0 Å². The smallest absolute Gasteiger partial charge is 0.276 e. The fourth-order valence-electron chi connectivity index (χ4n) is 5.16. The monoisotopic (exact) mass is 453 g/mol. The van der Waals surface area contributed by atoms with Crippen molar-refractivity contribution in [1.82, 2.24) is 9.88 Å². The van der Waals surface area contributed by atoms with Crippen LogP contribution in [-0.2, 0) is 11.3 Å². The highest BCUT2D eigenvalue weighted by Gasteiger charge is 2.49. The zero-order chi connectivity index (χ0) is 22.5. The number of aromatic nitrogens is 1. The third kappa shape index (κ3) is 3.51. The standard InChI is InChI=1S/C25H28ClN3O3/c1-16-13-20-22(32-16)14-21-23(30)29(19-11-9-17(26)10-12-19)25(2,15-28(20)21)24(31)27-18-7-5-3-4-6-8-18/h9-14,18H,3-8,15H2,1-2H3,(H,27,31)/t25-/m1/s1. The van der Waals surface area contributed by atoms with E-state index in [1.165, 1.54) is 12.8 Å². The molecule has 1 aromatic carbocycles. The normalized spacial score (nSPS) is 22.1. The van der Waals surface area contributed by atoms with Gasteiger partial charge in [-0.25, -0.2) is 0 Å². The number of rotatable bonds is 3. The number of anilines is 1. The van der Waals surface area contributed by atoms with Crippen LogP contribution >= 0.6 is 11.6 Å². The molecule has 1 aliphatic carbocycles. The Balaban J connectivity index is 1.58. The van der Waals surface area contributed by atoms with E-state index in [2.05, 4.69) is 5.32 Å². The van der Waals surface area contributed by atoms with Crippen molar-refractivity contribution in [3.8, 4) is 0 Å². The van der Waals surface area contributed by atoms with Gasteiger partial charge in [0.25, 0.3) is 5.91 Å². The number of nitrogens with one attached hydrogen (secondary N) is 1. The van der Waals surface area contributed by atoms with Crippen molar-refractivity contribution in [1.29, 1.82) is 0 Å². The second-order valence-corrected chi connectivity index (χ2v) is 9.71. The van der Waals surface area contributed by atoms with Gasteiger partial charge in [0.15, 0.2) is 5.58 Å². The largest absolute Gasteiger partial charge is 0.460 e. The zero-order valence-corrected chi connectivity index (χ0v) is 19.2. The summed E-state index contributed by atoms with van der Waals surface area (Å²) in [4.78, 5) is 29.2. The highest BCUT2D eigenvalue weighted by molar-refractivity contribution is 6.30. The molecule has 0 unspecified atom stereocenters. The third-order valence-electron chi connectivity index (χ3n) is 6.86. The van der Waals surface area contributed by atoms with Crippen LogP contribution in [0.1, 0.15) is 61.7 Å². The number of nitrogens with zero attached hydrogens (tertiary/aromatic N) is 2. The molecule has 0 saturated heterocycles. The fraction of sp³-hybridized carbons (Fsp3) is 0.440. The molecule has 0 radical (unpaired) electrons. The van der Waals surface area contributed by atoms with Crippen molar-refractivity contribution in [2.24, 2.45) is 0 Å². The van der Waals surface area contributed by atoms with E-state index in [1.54, 1.807) is 35.2 Å². The van der Waals surface area contributed by atoms with Crippen molar-refractivity contribution in [3.05, 3.63) is 52.9 Å². The van der Waals surface area contributed by atoms with Gasteiger partial charge in [-0.15, -0.1) is 0 Å². The van der Waals surface area contributed by atoms with Crippen LogP contribution in [0.5, 0.6) is 0 Å².